The molecule has 59 heavy (non-hydrogen) atoms. The van der Waals surface area contributed by atoms with Gasteiger partial charge in [0.2, 0.25) is 27.7 Å². The molecule has 2 aliphatic carbocycles. The minimum atomic E-state index is -4.39. The number of pyridine rings is 1. The van der Waals surface area contributed by atoms with Gasteiger partial charge in [0, 0.05) is 33.8 Å². The number of fused-ring (bicyclic) bond motifs is 3. The van der Waals surface area contributed by atoms with Crippen molar-refractivity contribution < 1.29 is 55.2 Å². The molecule has 4 amide bonds. The summed E-state index contributed by atoms with van der Waals surface area (Å²) >= 11 is 0. The highest BCUT2D eigenvalue weighted by Crippen LogP contribution is 2.48. The van der Waals surface area contributed by atoms with Crippen molar-refractivity contribution in [2.45, 2.75) is 120 Å². The maximum Gasteiger partial charge on any atom is 0.408 e. The number of aromatic nitrogens is 1. The van der Waals surface area contributed by atoms with Crippen LogP contribution < -0.4 is 24.8 Å². The van der Waals surface area contributed by atoms with Crippen LogP contribution in [0.1, 0.15) is 90.3 Å². The molecule has 17 heteroatoms. The molecule has 3 aliphatic heterocycles. The van der Waals surface area contributed by atoms with Gasteiger partial charge in [-0.3, -0.25) is 19.1 Å². The fourth-order valence-electron chi connectivity index (χ4n) is 8.42. The minimum Gasteiger partial charge on any atom is -0.494 e. The van der Waals surface area contributed by atoms with Crippen molar-refractivity contribution in [3.63, 3.8) is 0 Å². The van der Waals surface area contributed by atoms with E-state index in [4.69, 9.17) is 18.9 Å². The number of nitrogens with zero attached hydrogens (tertiary/aromatic N) is 2. The van der Waals surface area contributed by atoms with E-state index >= 15 is 0 Å². The monoisotopic (exact) mass is 849 g/mol. The topological polar surface area (TPSA) is 192 Å². The van der Waals surface area contributed by atoms with E-state index in [1.807, 2.05) is 57.2 Å². The van der Waals surface area contributed by atoms with E-state index in [1.165, 1.54) is 18.2 Å². The highest BCUT2D eigenvalue weighted by molar-refractivity contribution is 7.91. The van der Waals surface area contributed by atoms with E-state index in [1.54, 1.807) is 6.92 Å². The summed E-state index contributed by atoms with van der Waals surface area (Å²) in [5, 5.41) is 7.05. The van der Waals surface area contributed by atoms with E-state index in [0.29, 0.717) is 37.0 Å². The number of allylic oxidation sites excluding steroid dienone is 1. The van der Waals surface area contributed by atoms with Crippen LogP contribution in [0.5, 0.6) is 11.6 Å². The molecule has 15 nitrogen and oxygen atoms in total. The molecule has 2 saturated heterocycles. The summed E-state index contributed by atoms with van der Waals surface area (Å²) in [5.41, 5.74) is -2.53. The van der Waals surface area contributed by atoms with Crippen LogP contribution in [-0.4, -0.2) is 110 Å². The molecule has 4 heterocycles. The second-order valence-corrected chi connectivity index (χ2v) is 18.8. The van der Waals surface area contributed by atoms with Crippen LogP contribution in [0.4, 0.5) is 9.18 Å². The van der Waals surface area contributed by atoms with Crippen LogP contribution in [0.3, 0.4) is 0 Å². The fraction of sp³-hybridized carbons (Fsp3) is 0.643. The van der Waals surface area contributed by atoms with Gasteiger partial charge in [-0.1, -0.05) is 58.0 Å². The Bertz CT molecular complexity index is 2060. The number of carbonyl (C=O) groups excluding carboxylic acids is 4. The molecule has 2 aromatic rings. The van der Waals surface area contributed by atoms with Gasteiger partial charge in [-0.25, -0.2) is 22.6 Å². The second-order valence-electron chi connectivity index (χ2n) is 16.8. The number of amides is 4. The number of alkyl halides is 1. The Morgan fingerprint density at radius 1 is 1.12 bits per heavy atom. The normalized spacial score (nSPS) is 32.1. The number of rotatable bonds is 9. The molecule has 330 valence electrons. The summed E-state index contributed by atoms with van der Waals surface area (Å²) in [4.78, 5) is 62.7. The number of nitrogens with one attached hydrogen (secondary N) is 3. The Balaban J connectivity index is 0.00000202. The zero-order valence-corrected chi connectivity index (χ0v) is 35.6. The number of halogens is 1. The van der Waals surface area contributed by atoms with Gasteiger partial charge in [0.05, 0.1) is 33.1 Å². The van der Waals surface area contributed by atoms with E-state index < -0.39 is 86.4 Å². The average molecular weight is 850 g/mol. The third kappa shape index (κ3) is 9.15. The average Bonchev–Trinajstić information content (AvgIpc) is 4.07. The Morgan fingerprint density at radius 2 is 1.85 bits per heavy atom. The lowest BCUT2D eigenvalue weighted by Gasteiger charge is -2.33. The van der Waals surface area contributed by atoms with Gasteiger partial charge in [0.25, 0.3) is 5.91 Å². The molecule has 2 unspecified atom stereocenters. The first kappa shape index (κ1) is 44.1. The largest absolute Gasteiger partial charge is 0.494 e. The summed E-state index contributed by atoms with van der Waals surface area (Å²) in [5.74, 6) is -2.24. The third-order valence-corrected chi connectivity index (χ3v) is 14.4. The van der Waals surface area contributed by atoms with Gasteiger partial charge >= 0.3 is 6.09 Å². The number of hydrogen-bond donors (Lipinski definition) is 3. The smallest absolute Gasteiger partial charge is 0.408 e. The van der Waals surface area contributed by atoms with E-state index in [9.17, 15) is 32.0 Å². The summed E-state index contributed by atoms with van der Waals surface area (Å²) < 4.78 is 63.9. The molecule has 0 radical (unpaired) electrons. The standard InChI is InChI=1S/C40H52FN5O10S.C2H6.3H2/c1-24-9-5-6-10-26-19-40(26,36(49)45-57(51,52)39(22-41)13-14-39)44-33(47)30-18-27(55-34-29-12-8-7-11-28(29)31(53-4)20-42-34)21-46(30)35(48)32(25(2)17-24)43-37(50)56-38(3)15-16-54-23-38;1-2;;;/h6-8,10-12,20,24-27,30,32H,5,9,13-19,21-23H2,1-4H3,(H,43,50)(H,44,47)(H,45,49);1-2H3;3*1H/b10-6-;;;;/t24-,25-,26-,27-,30+,32?,38?,40-;;;;/m1..../s1. The number of alkyl carbamates (subject to hydrolysis) is 1. The SMILES string of the molecule is CC.COc1cnc(O[C@@H]2C[C@H]3C(=O)N[C@]4(C(=O)NS(=O)(=O)C5(CF)CC5)C[C@H]4/C=C\CC[C@@H](C)C[C@@H](C)C(NC(=O)OC4(C)CCOC4)C(=O)N3C2)c2ccccc12.[HH].[HH].[HH]. The number of sulfonamides is 1. The molecule has 1 aromatic carbocycles. The van der Waals surface area contributed by atoms with Gasteiger partial charge in [-0.05, 0) is 63.4 Å². The lowest BCUT2D eigenvalue weighted by molar-refractivity contribution is -0.142. The number of ether oxygens (including phenoxy) is 4. The van der Waals surface area contributed by atoms with E-state index in [-0.39, 0.29) is 54.9 Å². The molecule has 0 bridgehead atoms. The zero-order valence-electron chi connectivity index (χ0n) is 34.8. The third-order valence-electron chi connectivity index (χ3n) is 12.3. The Labute approximate surface area is 350 Å². The van der Waals surface area contributed by atoms with Crippen LogP contribution in [0.15, 0.2) is 42.6 Å². The van der Waals surface area contributed by atoms with Crippen LogP contribution in [0.2, 0.25) is 0 Å². The number of carbonyl (C=O) groups is 4. The molecule has 5 aliphatic rings. The number of methoxy groups -OCH3 is 1. The molecule has 2 saturated carbocycles. The van der Waals surface area contributed by atoms with Crippen LogP contribution in [-0.2, 0) is 33.9 Å². The van der Waals surface area contributed by atoms with Crippen molar-refractivity contribution in [2.24, 2.45) is 17.8 Å². The van der Waals surface area contributed by atoms with Gasteiger partial charge in [0.1, 0.15) is 46.5 Å². The van der Waals surface area contributed by atoms with Crippen molar-refractivity contribution >= 4 is 44.6 Å². The summed E-state index contributed by atoms with van der Waals surface area (Å²) in [6.45, 7) is 9.13. The van der Waals surface area contributed by atoms with Gasteiger partial charge in [-0.2, -0.15) is 0 Å². The second kappa shape index (κ2) is 17.6. The highest BCUT2D eigenvalue weighted by Gasteiger charge is 2.64. The molecular weight excluding hydrogens is 786 g/mol. The Morgan fingerprint density at radius 3 is 2.51 bits per heavy atom. The van der Waals surface area contributed by atoms with Crippen LogP contribution >= 0.6 is 0 Å². The fourth-order valence-corrected chi connectivity index (χ4v) is 9.84. The maximum atomic E-state index is 14.9. The highest BCUT2D eigenvalue weighted by atomic mass is 32.2. The van der Waals surface area contributed by atoms with E-state index in [0.717, 1.165) is 11.8 Å². The number of hydrogen-bond acceptors (Lipinski definition) is 11. The van der Waals surface area contributed by atoms with Crippen LogP contribution in [0, 0.1) is 17.8 Å². The van der Waals surface area contributed by atoms with Crippen LogP contribution in [0.25, 0.3) is 10.8 Å². The Kier molecular flexibility index (Phi) is 13.1. The van der Waals surface area contributed by atoms with Crippen molar-refractivity contribution in [1.82, 2.24) is 25.2 Å². The summed E-state index contributed by atoms with van der Waals surface area (Å²) in [6, 6.07) is 5.05. The lowest BCUT2D eigenvalue weighted by Crippen LogP contribution is -2.59. The molecule has 7 rings (SSSR count). The summed E-state index contributed by atoms with van der Waals surface area (Å²) in [6.07, 6.45) is 6.34. The first-order valence-corrected chi connectivity index (χ1v) is 22.2. The molecule has 4 fully saturated rings. The minimum absolute atomic E-state index is 0. The molecule has 3 N–H and O–H groups in total. The van der Waals surface area contributed by atoms with Crippen molar-refractivity contribution in [3.05, 3.63) is 42.6 Å². The molecular formula is C42H64FN5O10S. The predicted octanol–water partition coefficient (Wildman–Crippen LogP) is 5.47. The summed E-state index contributed by atoms with van der Waals surface area (Å²) in [7, 11) is -2.85. The van der Waals surface area contributed by atoms with Gasteiger partial charge < -0.3 is 34.5 Å². The van der Waals surface area contributed by atoms with Crippen molar-refractivity contribution in [3.8, 4) is 11.6 Å². The number of benzene rings is 1. The first-order chi connectivity index (χ1) is 28.1. The molecule has 0 spiro atoms. The zero-order chi connectivity index (χ0) is 42.8. The van der Waals surface area contributed by atoms with Crippen molar-refractivity contribution in [2.75, 3.05) is 33.5 Å². The van der Waals surface area contributed by atoms with Crippen molar-refractivity contribution in [1.29, 1.82) is 0 Å². The predicted molar refractivity (Wildman–Crippen MR) is 223 cm³/mol. The Hall–Kier alpha value is -4.51. The lowest BCUT2D eigenvalue weighted by atomic mass is 9.88. The van der Waals surface area contributed by atoms with Gasteiger partial charge in [0.15, 0.2) is 0 Å². The van der Waals surface area contributed by atoms with Gasteiger partial charge in [-0.15, -0.1) is 0 Å². The first-order valence-electron chi connectivity index (χ1n) is 20.7. The molecule has 1 aromatic heterocycles. The molecule has 8 atom stereocenters. The van der Waals surface area contributed by atoms with E-state index in [2.05, 4.69) is 27.3 Å². The maximum absolute atomic E-state index is 14.9. The quantitative estimate of drug-likeness (QED) is 0.272.